The molecule has 0 amide bonds. The van der Waals surface area contributed by atoms with Crippen molar-refractivity contribution in [1.82, 2.24) is 4.90 Å². The van der Waals surface area contributed by atoms with Gasteiger partial charge in [0.15, 0.2) is 0 Å². The van der Waals surface area contributed by atoms with Crippen molar-refractivity contribution in [3.8, 4) is 6.07 Å². The molecular formula is C16H25N3. The first-order chi connectivity index (χ1) is 8.93. The Morgan fingerprint density at radius 1 is 1.37 bits per heavy atom. The summed E-state index contributed by atoms with van der Waals surface area (Å²) in [6, 6.07) is 8.32. The number of nitrogens with zero attached hydrogens (tertiary/aromatic N) is 2. The molecular weight excluding hydrogens is 234 g/mol. The van der Waals surface area contributed by atoms with Crippen LogP contribution in [-0.4, -0.2) is 24.5 Å². The van der Waals surface area contributed by atoms with E-state index < -0.39 is 0 Å². The fourth-order valence-electron chi connectivity index (χ4n) is 2.02. The van der Waals surface area contributed by atoms with Crippen LogP contribution < -0.4 is 5.73 Å². The Balaban J connectivity index is 2.53. The largest absolute Gasteiger partial charge is 0.327 e. The molecule has 0 saturated carbocycles. The van der Waals surface area contributed by atoms with E-state index in [4.69, 9.17) is 11.0 Å². The molecule has 2 N–H and O–H groups in total. The van der Waals surface area contributed by atoms with Gasteiger partial charge in [-0.05, 0) is 56.1 Å². The lowest BCUT2D eigenvalue weighted by atomic mass is 10.0. The van der Waals surface area contributed by atoms with E-state index in [-0.39, 0.29) is 6.04 Å². The monoisotopic (exact) mass is 259 g/mol. The summed E-state index contributed by atoms with van der Waals surface area (Å²) in [5, 5.41) is 8.86. The molecule has 104 valence electrons. The van der Waals surface area contributed by atoms with Crippen molar-refractivity contribution in [2.45, 2.75) is 39.8 Å². The number of nitrogens with two attached hydrogens (primary N) is 1. The van der Waals surface area contributed by atoms with Gasteiger partial charge in [0.1, 0.15) is 0 Å². The molecule has 0 heterocycles. The van der Waals surface area contributed by atoms with Crippen molar-refractivity contribution < 1.29 is 0 Å². The van der Waals surface area contributed by atoms with Crippen LogP contribution in [-0.2, 0) is 6.54 Å². The van der Waals surface area contributed by atoms with Crippen LogP contribution in [0.2, 0.25) is 0 Å². The van der Waals surface area contributed by atoms with Gasteiger partial charge in [0, 0.05) is 12.6 Å². The van der Waals surface area contributed by atoms with E-state index in [0.29, 0.717) is 5.92 Å². The molecule has 3 nitrogen and oxygen atoms in total. The minimum atomic E-state index is 0.268. The second kappa shape index (κ2) is 7.28. The van der Waals surface area contributed by atoms with Gasteiger partial charge >= 0.3 is 0 Å². The fraction of sp³-hybridized carbons (Fsp3) is 0.562. The second-order valence-corrected chi connectivity index (χ2v) is 5.69. The first kappa shape index (κ1) is 15.7. The Hall–Kier alpha value is -1.37. The number of hydrogen-bond acceptors (Lipinski definition) is 3. The topological polar surface area (TPSA) is 53.0 Å². The predicted molar refractivity (Wildman–Crippen MR) is 79.7 cm³/mol. The maximum Gasteiger partial charge on any atom is 0.0991 e. The first-order valence-electron chi connectivity index (χ1n) is 6.87. The highest BCUT2D eigenvalue weighted by molar-refractivity contribution is 5.37. The molecule has 0 fully saturated rings. The van der Waals surface area contributed by atoms with Crippen LogP contribution in [0.1, 0.15) is 37.0 Å². The van der Waals surface area contributed by atoms with Crippen molar-refractivity contribution in [2.75, 3.05) is 13.6 Å². The predicted octanol–water partition coefficient (Wildman–Crippen LogP) is 2.67. The Kier molecular flexibility index (Phi) is 6.01. The molecule has 1 aromatic rings. The van der Waals surface area contributed by atoms with Gasteiger partial charge in [-0.25, -0.2) is 0 Å². The summed E-state index contributed by atoms with van der Waals surface area (Å²) in [7, 11) is 2.12. The third-order valence-corrected chi connectivity index (χ3v) is 3.61. The molecule has 19 heavy (non-hydrogen) atoms. The third-order valence-electron chi connectivity index (χ3n) is 3.61. The first-order valence-corrected chi connectivity index (χ1v) is 6.87. The SMILES string of the molecule is Cc1cc(C#N)ccc1CN(C)CCC(N)C(C)C. The average molecular weight is 259 g/mol. The van der Waals surface area contributed by atoms with Crippen LogP contribution in [0, 0.1) is 24.2 Å². The van der Waals surface area contributed by atoms with Crippen LogP contribution in [0.15, 0.2) is 18.2 Å². The van der Waals surface area contributed by atoms with E-state index in [9.17, 15) is 0 Å². The van der Waals surface area contributed by atoms with E-state index in [0.717, 1.165) is 25.1 Å². The van der Waals surface area contributed by atoms with Gasteiger partial charge in [-0.15, -0.1) is 0 Å². The minimum Gasteiger partial charge on any atom is -0.327 e. The van der Waals surface area contributed by atoms with Crippen molar-refractivity contribution in [2.24, 2.45) is 11.7 Å². The Morgan fingerprint density at radius 3 is 2.58 bits per heavy atom. The van der Waals surface area contributed by atoms with Gasteiger partial charge in [0.2, 0.25) is 0 Å². The van der Waals surface area contributed by atoms with Crippen molar-refractivity contribution in [1.29, 1.82) is 5.26 Å². The summed E-state index contributed by atoms with van der Waals surface area (Å²) >= 11 is 0. The minimum absolute atomic E-state index is 0.268. The van der Waals surface area contributed by atoms with Crippen LogP contribution in [0.4, 0.5) is 0 Å². The molecule has 0 spiro atoms. The smallest absolute Gasteiger partial charge is 0.0991 e. The molecule has 0 radical (unpaired) electrons. The summed E-state index contributed by atoms with van der Waals surface area (Å²) in [6.45, 7) is 8.29. The molecule has 0 aliphatic carbocycles. The molecule has 0 aromatic heterocycles. The van der Waals surface area contributed by atoms with Gasteiger partial charge in [-0.1, -0.05) is 19.9 Å². The zero-order valence-electron chi connectivity index (χ0n) is 12.5. The summed E-state index contributed by atoms with van der Waals surface area (Å²) in [6.07, 6.45) is 1.02. The molecule has 0 bridgehead atoms. The normalized spacial score (nSPS) is 12.7. The maximum absolute atomic E-state index is 8.86. The molecule has 0 aliphatic heterocycles. The average Bonchev–Trinajstić information content (AvgIpc) is 2.38. The quantitative estimate of drug-likeness (QED) is 0.854. The number of aryl methyl sites for hydroxylation is 1. The second-order valence-electron chi connectivity index (χ2n) is 5.69. The molecule has 0 aliphatic rings. The lowest BCUT2D eigenvalue weighted by Gasteiger charge is -2.22. The van der Waals surface area contributed by atoms with Crippen LogP contribution in [0.5, 0.6) is 0 Å². The zero-order valence-corrected chi connectivity index (χ0v) is 12.5. The summed E-state index contributed by atoms with van der Waals surface area (Å²) in [5.41, 5.74) is 9.25. The van der Waals surface area contributed by atoms with E-state index in [2.05, 4.69) is 38.8 Å². The van der Waals surface area contributed by atoms with Crippen molar-refractivity contribution >= 4 is 0 Å². The Bertz CT molecular complexity index is 446. The summed E-state index contributed by atoms with van der Waals surface area (Å²) < 4.78 is 0. The van der Waals surface area contributed by atoms with E-state index >= 15 is 0 Å². The highest BCUT2D eigenvalue weighted by atomic mass is 15.1. The molecule has 1 unspecified atom stereocenters. The molecule has 1 aromatic carbocycles. The fourth-order valence-corrected chi connectivity index (χ4v) is 2.02. The Morgan fingerprint density at radius 2 is 2.05 bits per heavy atom. The highest BCUT2D eigenvalue weighted by Gasteiger charge is 2.10. The summed E-state index contributed by atoms with van der Waals surface area (Å²) in [4.78, 5) is 2.29. The molecule has 1 rings (SSSR count). The molecule has 0 saturated heterocycles. The zero-order chi connectivity index (χ0) is 14.4. The van der Waals surface area contributed by atoms with Crippen molar-refractivity contribution in [3.05, 3.63) is 34.9 Å². The van der Waals surface area contributed by atoms with Gasteiger partial charge in [0.25, 0.3) is 0 Å². The van der Waals surface area contributed by atoms with E-state index in [1.165, 1.54) is 11.1 Å². The van der Waals surface area contributed by atoms with E-state index in [1.54, 1.807) is 0 Å². The standard InChI is InChI=1S/C16H25N3/c1-12(2)16(18)7-8-19(4)11-15-6-5-14(10-17)9-13(15)3/h5-6,9,12,16H,7-8,11,18H2,1-4H3. The van der Waals surface area contributed by atoms with Crippen LogP contribution >= 0.6 is 0 Å². The number of hydrogen-bond donors (Lipinski definition) is 1. The maximum atomic E-state index is 8.86. The van der Waals surface area contributed by atoms with Gasteiger partial charge < -0.3 is 10.6 Å². The summed E-state index contributed by atoms with van der Waals surface area (Å²) in [5.74, 6) is 0.532. The van der Waals surface area contributed by atoms with Gasteiger partial charge in [0.05, 0.1) is 11.6 Å². The molecule has 1 atom stereocenters. The number of rotatable bonds is 6. The van der Waals surface area contributed by atoms with Gasteiger partial charge in [-0.2, -0.15) is 5.26 Å². The lowest BCUT2D eigenvalue weighted by Crippen LogP contribution is -2.31. The van der Waals surface area contributed by atoms with Crippen LogP contribution in [0.25, 0.3) is 0 Å². The van der Waals surface area contributed by atoms with Gasteiger partial charge in [-0.3, -0.25) is 0 Å². The van der Waals surface area contributed by atoms with E-state index in [1.807, 2.05) is 18.2 Å². The van der Waals surface area contributed by atoms with Crippen LogP contribution in [0.3, 0.4) is 0 Å². The number of benzene rings is 1. The third kappa shape index (κ3) is 5.02. The highest BCUT2D eigenvalue weighted by Crippen LogP contribution is 2.13. The number of nitriles is 1. The lowest BCUT2D eigenvalue weighted by molar-refractivity contribution is 0.296. The van der Waals surface area contributed by atoms with Crippen molar-refractivity contribution in [3.63, 3.8) is 0 Å². The Labute approximate surface area is 117 Å². The molecule has 3 heteroatoms.